The first kappa shape index (κ1) is 12.1. The van der Waals surface area contributed by atoms with Crippen molar-refractivity contribution >= 4 is 5.91 Å². The molecule has 0 aliphatic heterocycles. The number of nitrogens with one attached hydrogen (secondary N) is 1. The zero-order chi connectivity index (χ0) is 12.3. The molecule has 0 spiro atoms. The standard InChI is InChI=1S/C14H20N2O/c1-10(11-7-8-11)9-16-14(17)13(15)12-5-3-2-4-6-12/h2-6,10-11,13H,7-9,15H2,1H3,(H,16,17). The van der Waals surface area contributed by atoms with Gasteiger partial charge in [-0.05, 0) is 30.2 Å². The molecular formula is C14H20N2O. The first-order valence-electron chi connectivity index (χ1n) is 6.26. The summed E-state index contributed by atoms with van der Waals surface area (Å²) in [6.07, 6.45) is 2.61. The average molecular weight is 232 g/mol. The second kappa shape index (κ2) is 5.32. The summed E-state index contributed by atoms with van der Waals surface area (Å²) in [5.74, 6) is 1.30. The molecule has 1 aliphatic rings. The molecule has 0 bridgehead atoms. The minimum Gasteiger partial charge on any atom is -0.354 e. The molecule has 1 aliphatic carbocycles. The van der Waals surface area contributed by atoms with Crippen LogP contribution in [0.4, 0.5) is 0 Å². The lowest BCUT2D eigenvalue weighted by Gasteiger charge is -2.15. The molecule has 2 rings (SSSR count). The molecule has 1 saturated carbocycles. The molecule has 0 aromatic heterocycles. The molecule has 3 heteroatoms. The monoisotopic (exact) mass is 232 g/mol. The van der Waals surface area contributed by atoms with Crippen LogP contribution in [0.25, 0.3) is 0 Å². The lowest BCUT2D eigenvalue weighted by molar-refractivity contribution is -0.122. The van der Waals surface area contributed by atoms with Crippen molar-refractivity contribution in [3.63, 3.8) is 0 Å². The summed E-state index contributed by atoms with van der Waals surface area (Å²) in [7, 11) is 0. The summed E-state index contributed by atoms with van der Waals surface area (Å²) < 4.78 is 0. The Morgan fingerprint density at radius 2 is 2.06 bits per heavy atom. The molecule has 1 aromatic carbocycles. The third-order valence-electron chi connectivity index (χ3n) is 3.47. The van der Waals surface area contributed by atoms with E-state index < -0.39 is 6.04 Å². The third kappa shape index (κ3) is 3.30. The topological polar surface area (TPSA) is 55.1 Å². The van der Waals surface area contributed by atoms with Gasteiger partial charge in [-0.1, -0.05) is 37.3 Å². The maximum atomic E-state index is 11.9. The van der Waals surface area contributed by atoms with E-state index in [4.69, 9.17) is 5.73 Å². The van der Waals surface area contributed by atoms with Crippen molar-refractivity contribution in [1.29, 1.82) is 0 Å². The lowest BCUT2D eigenvalue weighted by atomic mass is 10.1. The highest BCUT2D eigenvalue weighted by atomic mass is 16.2. The zero-order valence-corrected chi connectivity index (χ0v) is 10.2. The lowest BCUT2D eigenvalue weighted by Crippen LogP contribution is -2.36. The molecule has 17 heavy (non-hydrogen) atoms. The molecule has 2 unspecified atom stereocenters. The fourth-order valence-electron chi connectivity index (χ4n) is 2.02. The van der Waals surface area contributed by atoms with Gasteiger partial charge in [0.1, 0.15) is 6.04 Å². The van der Waals surface area contributed by atoms with E-state index in [1.54, 1.807) is 0 Å². The Labute approximate surface area is 102 Å². The van der Waals surface area contributed by atoms with Gasteiger partial charge in [0.15, 0.2) is 0 Å². The molecule has 0 heterocycles. The van der Waals surface area contributed by atoms with E-state index in [0.717, 1.165) is 18.0 Å². The number of carbonyl (C=O) groups is 1. The summed E-state index contributed by atoms with van der Waals surface area (Å²) in [4.78, 5) is 11.9. The molecule has 0 radical (unpaired) electrons. The van der Waals surface area contributed by atoms with Crippen molar-refractivity contribution in [1.82, 2.24) is 5.32 Å². The molecule has 1 fully saturated rings. The van der Waals surface area contributed by atoms with Gasteiger partial charge in [-0.3, -0.25) is 4.79 Å². The number of rotatable bonds is 5. The summed E-state index contributed by atoms with van der Waals surface area (Å²) in [6.45, 7) is 2.93. The maximum absolute atomic E-state index is 11.9. The van der Waals surface area contributed by atoms with Crippen LogP contribution in [0.1, 0.15) is 31.4 Å². The number of benzene rings is 1. The Bertz CT molecular complexity index is 373. The van der Waals surface area contributed by atoms with Gasteiger partial charge in [0.25, 0.3) is 0 Å². The van der Waals surface area contributed by atoms with Crippen LogP contribution >= 0.6 is 0 Å². The number of hydrogen-bond acceptors (Lipinski definition) is 2. The Morgan fingerprint density at radius 1 is 1.41 bits per heavy atom. The fraction of sp³-hybridized carbons (Fsp3) is 0.500. The minimum atomic E-state index is -0.553. The van der Waals surface area contributed by atoms with E-state index in [1.165, 1.54) is 12.8 Å². The third-order valence-corrected chi connectivity index (χ3v) is 3.47. The van der Waals surface area contributed by atoms with Gasteiger partial charge in [0, 0.05) is 6.54 Å². The van der Waals surface area contributed by atoms with Gasteiger partial charge in [-0.2, -0.15) is 0 Å². The SMILES string of the molecule is CC(CNC(=O)C(N)c1ccccc1)C1CC1. The van der Waals surface area contributed by atoms with E-state index in [2.05, 4.69) is 12.2 Å². The van der Waals surface area contributed by atoms with Crippen molar-refractivity contribution < 1.29 is 4.79 Å². The van der Waals surface area contributed by atoms with Crippen LogP contribution in [0.5, 0.6) is 0 Å². The second-order valence-electron chi connectivity index (χ2n) is 4.95. The highest BCUT2D eigenvalue weighted by molar-refractivity contribution is 5.82. The number of amides is 1. The van der Waals surface area contributed by atoms with Crippen LogP contribution in [0.3, 0.4) is 0 Å². The van der Waals surface area contributed by atoms with Crippen LogP contribution in [0.15, 0.2) is 30.3 Å². The highest BCUT2D eigenvalue weighted by Gasteiger charge is 2.28. The number of carbonyl (C=O) groups excluding carboxylic acids is 1. The van der Waals surface area contributed by atoms with Gasteiger partial charge in [0.05, 0.1) is 0 Å². The number of nitrogens with two attached hydrogens (primary N) is 1. The van der Waals surface area contributed by atoms with Gasteiger partial charge < -0.3 is 11.1 Å². The summed E-state index contributed by atoms with van der Waals surface area (Å²) >= 11 is 0. The highest BCUT2D eigenvalue weighted by Crippen LogP contribution is 2.36. The van der Waals surface area contributed by atoms with Crippen molar-refractivity contribution in [2.75, 3.05) is 6.54 Å². The largest absolute Gasteiger partial charge is 0.354 e. The fourth-order valence-corrected chi connectivity index (χ4v) is 2.02. The van der Waals surface area contributed by atoms with Crippen LogP contribution in [0, 0.1) is 11.8 Å². The van der Waals surface area contributed by atoms with Crippen LogP contribution in [0.2, 0.25) is 0 Å². The predicted octanol–water partition coefficient (Wildman–Crippen LogP) is 1.85. The smallest absolute Gasteiger partial charge is 0.241 e. The zero-order valence-electron chi connectivity index (χ0n) is 10.2. The average Bonchev–Trinajstić information content (AvgIpc) is 3.20. The molecular weight excluding hydrogens is 212 g/mol. The van der Waals surface area contributed by atoms with Crippen molar-refractivity contribution in [3.05, 3.63) is 35.9 Å². The summed E-state index contributed by atoms with van der Waals surface area (Å²) in [5.41, 5.74) is 6.77. The second-order valence-corrected chi connectivity index (χ2v) is 4.95. The van der Waals surface area contributed by atoms with E-state index >= 15 is 0 Å². The summed E-state index contributed by atoms with van der Waals surface area (Å²) in [5, 5.41) is 2.94. The quantitative estimate of drug-likeness (QED) is 0.814. The van der Waals surface area contributed by atoms with Crippen LogP contribution < -0.4 is 11.1 Å². The predicted molar refractivity (Wildman–Crippen MR) is 68.3 cm³/mol. The van der Waals surface area contributed by atoms with Crippen molar-refractivity contribution in [3.8, 4) is 0 Å². The first-order chi connectivity index (χ1) is 8.18. The van der Waals surface area contributed by atoms with E-state index in [-0.39, 0.29) is 5.91 Å². The van der Waals surface area contributed by atoms with Gasteiger partial charge in [-0.25, -0.2) is 0 Å². The molecule has 2 atom stereocenters. The van der Waals surface area contributed by atoms with Gasteiger partial charge in [0.2, 0.25) is 5.91 Å². The minimum absolute atomic E-state index is 0.0799. The molecule has 92 valence electrons. The normalized spacial score (nSPS) is 18.5. The van der Waals surface area contributed by atoms with Crippen molar-refractivity contribution in [2.24, 2.45) is 17.6 Å². The Balaban J connectivity index is 1.82. The Hall–Kier alpha value is -1.35. The Kier molecular flexibility index (Phi) is 3.79. The van der Waals surface area contributed by atoms with E-state index in [9.17, 15) is 4.79 Å². The molecule has 0 saturated heterocycles. The van der Waals surface area contributed by atoms with Crippen molar-refractivity contribution in [2.45, 2.75) is 25.8 Å². The van der Waals surface area contributed by atoms with E-state index in [1.807, 2.05) is 30.3 Å². The Morgan fingerprint density at radius 3 is 2.65 bits per heavy atom. The van der Waals surface area contributed by atoms with Gasteiger partial charge >= 0.3 is 0 Å². The first-order valence-corrected chi connectivity index (χ1v) is 6.26. The van der Waals surface area contributed by atoms with Crippen LogP contribution in [-0.4, -0.2) is 12.5 Å². The summed E-state index contributed by atoms with van der Waals surface area (Å²) in [6, 6.07) is 8.93. The molecule has 3 N–H and O–H groups in total. The molecule has 3 nitrogen and oxygen atoms in total. The molecule has 1 aromatic rings. The molecule has 1 amide bonds. The van der Waals surface area contributed by atoms with Crippen LogP contribution in [-0.2, 0) is 4.79 Å². The van der Waals surface area contributed by atoms with E-state index in [0.29, 0.717) is 5.92 Å². The van der Waals surface area contributed by atoms with Gasteiger partial charge in [-0.15, -0.1) is 0 Å². The number of hydrogen-bond donors (Lipinski definition) is 2. The maximum Gasteiger partial charge on any atom is 0.241 e.